The number of hydrogen-bond donors (Lipinski definition) is 1. The van der Waals surface area contributed by atoms with Crippen molar-refractivity contribution in [2.24, 2.45) is 5.73 Å². The number of ether oxygens (including phenoxy) is 1. The van der Waals surface area contributed by atoms with Crippen molar-refractivity contribution >= 4 is 17.2 Å². The topological polar surface area (TPSA) is 70.1 Å². The molecule has 0 atom stereocenters. The number of hydrogen-bond acceptors (Lipinski definition) is 4. The van der Waals surface area contributed by atoms with Crippen molar-refractivity contribution in [1.82, 2.24) is 9.55 Å². The van der Waals surface area contributed by atoms with E-state index in [1.54, 1.807) is 12.1 Å². The van der Waals surface area contributed by atoms with Crippen LogP contribution in [0.4, 0.5) is 8.78 Å². The van der Waals surface area contributed by atoms with Crippen LogP contribution in [0.2, 0.25) is 0 Å². The van der Waals surface area contributed by atoms with Crippen molar-refractivity contribution in [3.05, 3.63) is 51.6 Å². The highest BCUT2D eigenvalue weighted by Crippen LogP contribution is 2.34. The molecule has 3 aromatic rings. The molecule has 0 saturated carbocycles. The smallest absolute Gasteiger partial charge is 0.387 e. The zero-order chi connectivity index (χ0) is 19.7. The van der Waals surface area contributed by atoms with E-state index < -0.39 is 12.5 Å². The van der Waals surface area contributed by atoms with Gasteiger partial charge in [0, 0.05) is 27.5 Å². The summed E-state index contributed by atoms with van der Waals surface area (Å²) in [5.74, 6) is -0.297. The molecule has 0 aliphatic carbocycles. The fraction of sp³-hybridized carbons (Fsp3) is 0.263. The molecule has 2 heterocycles. The Bertz CT molecular complexity index is 978. The summed E-state index contributed by atoms with van der Waals surface area (Å²) >= 11 is 1.46. The van der Waals surface area contributed by atoms with Crippen molar-refractivity contribution < 1.29 is 18.3 Å². The van der Waals surface area contributed by atoms with E-state index in [1.807, 2.05) is 31.4 Å². The van der Waals surface area contributed by atoms with Gasteiger partial charge in [-0.25, -0.2) is 4.98 Å². The Morgan fingerprint density at radius 3 is 2.52 bits per heavy atom. The molecule has 2 N–H and O–H groups in total. The molecular weight excluding hydrogens is 372 g/mol. The molecular formula is C19H19F2N3O2S. The lowest BCUT2D eigenvalue weighted by molar-refractivity contribution is -0.117. The van der Waals surface area contributed by atoms with Gasteiger partial charge in [-0.15, -0.1) is 11.3 Å². The number of alkyl halides is 2. The number of halogens is 2. The van der Waals surface area contributed by atoms with Crippen LogP contribution in [-0.4, -0.2) is 22.1 Å². The standard InChI is InChI=1S/C19H19F2N3O2S/c1-10-8-15(18-12(3)27-17(23-18)9-16(22)25)11(2)24(10)13-4-6-14(7-5-13)26-19(20)21/h4-8,19H,9H2,1-3H3,(H2,22,25). The van der Waals surface area contributed by atoms with Crippen molar-refractivity contribution in [2.45, 2.75) is 33.8 Å². The van der Waals surface area contributed by atoms with Gasteiger partial charge >= 0.3 is 6.61 Å². The fourth-order valence-corrected chi connectivity index (χ4v) is 4.06. The lowest BCUT2D eigenvalue weighted by Crippen LogP contribution is -2.13. The number of carbonyl (C=O) groups excluding carboxylic acids is 1. The molecule has 3 rings (SSSR count). The molecule has 8 heteroatoms. The van der Waals surface area contributed by atoms with Crippen LogP contribution < -0.4 is 10.5 Å². The van der Waals surface area contributed by atoms with Gasteiger partial charge in [0.25, 0.3) is 0 Å². The van der Waals surface area contributed by atoms with Crippen LogP contribution >= 0.6 is 11.3 Å². The van der Waals surface area contributed by atoms with Crippen LogP contribution in [0, 0.1) is 20.8 Å². The maximum absolute atomic E-state index is 12.3. The highest BCUT2D eigenvalue weighted by atomic mass is 32.1. The largest absolute Gasteiger partial charge is 0.435 e. The summed E-state index contributed by atoms with van der Waals surface area (Å²) in [5, 5.41) is 0.688. The molecule has 0 fully saturated rings. The minimum absolute atomic E-state index is 0.114. The molecule has 0 aliphatic rings. The van der Waals surface area contributed by atoms with E-state index in [1.165, 1.54) is 23.5 Å². The zero-order valence-electron chi connectivity index (χ0n) is 15.1. The van der Waals surface area contributed by atoms with Crippen molar-refractivity contribution in [3.63, 3.8) is 0 Å². The fourth-order valence-electron chi connectivity index (χ4n) is 3.10. The Morgan fingerprint density at radius 1 is 1.26 bits per heavy atom. The number of benzene rings is 1. The summed E-state index contributed by atoms with van der Waals surface area (Å²) in [5.41, 5.74) is 9.84. The predicted molar refractivity (Wildman–Crippen MR) is 101 cm³/mol. The third-order valence-corrected chi connectivity index (χ3v) is 5.14. The Labute approximate surface area is 159 Å². The summed E-state index contributed by atoms with van der Waals surface area (Å²) in [6.07, 6.45) is 0.121. The number of carbonyl (C=O) groups is 1. The lowest BCUT2D eigenvalue weighted by Gasteiger charge is -2.11. The maximum atomic E-state index is 12.3. The van der Waals surface area contributed by atoms with Gasteiger partial charge in [-0.1, -0.05) is 0 Å². The summed E-state index contributed by atoms with van der Waals surface area (Å²) in [6, 6.07) is 8.51. The number of rotatable bonds is 6. The number of aromatic nitrogens is 2. The molecule has 0 saturated heterocycles. The number of nitrogens with zero attached hydrogens (tertiary/aromatic N) is 2. The molecule has 0 aliphatic heterocycles. The Morgan fingerprint density at radius 2 is 1.93 bits per heavy atom. The van der Waals surface area contributed by atoms with E-state index in [-0.39, 0.29) is 12.2 Å². The minimum Gasteiger partial charge on any atom is -0.435 e. The first kappa shape index (κ1) is 19.0. The molecule has 0 spiro atoms. The van der Waals surface area contributed by atoms with E-state index in [2.05, 4.69) is 9.72 Å². The lowest BCUT2D eigenvalue weighted by atomic mass is 10.1. The molecule has 1 amide bonds. The van der Waals surface area contributed by atoms with E-state index >= 15 is 0 Å². The van der Waals surface area contributed by atoms with Crippen molar-refractivity contribution in [3.8, 4) is 22.7 Å². The molecule has 142 valence electrons. The van der Waals surface area contributed by atoms with E-state index in [4.69, 9.17) is 5.73 Å². The molecule has 0 bridgehead atoms. The molecule has 0 unspecified atom stereocenters. The van der Waals surface area contributed by atoms with Crippen LogP contribution in [-0.2, 0) is 11.2 Å². The monoisotopic (exact) mass is 391 g/mol. The molecule has 27 heavy (non-hydrogen) atoms. The van der Waals surface area contributed by atoms with Crippen LogP contribution in [0.3, 0.4) is 0 Å². The highest BCUT2D eigenvalue weighted by molar-refractivity contribution is 7.12. The zero-order valence-corrected chi connectivity index (χ0v) is 15.9. The van der Waals surface area contributed by atoms with Gasteiger partial charge in [0.1, 0.15) is 10.8 Å². The van der Waals surface area contributed by atoms with Gasteiger partial charge in [0.2, 0.25) is 5.91 Å². The maximum Gasteiger partial charge on any atom is 0.387 e. The second-order valence-corrected chi connectivity index (χ2v) is 7.44. The minimum atomic E-state index is -2.85. The van der Waals surface area contributed by atoms with Gasteiger partial charge in [0.15, 0.2) is 0 Å². The van der Waals surface area contributed by atoms with E-state index in [0.29, 0.717) is 5.01 Å². The average Bonchev–Trinajstić information content (AvgIpc) is 3.06. The van der Waals surface area contributed by atoms with Crippen molar-refractivity contribution in [1.29, 1.82) is 0 Å². The second-order valence-electron chi connectivity index (χ2n) is 6.15. The second kappa shape index (κ2) is 7.48. The quantitative estimate of drug-likeness (QED) is 0.686. The van der Waals surface area contributed by atoms with Crippen LogP contribution in [0.15, 0.2) is 30.3 Å². The van der Waals surface area contributed by atoms with Crippen LogP contribution in [0.5, 0.6) is 5.75 Å². The number of thiazole rings is 1. The highest BCUT2D eigenvalue weighted by Gasteiger charge is 2.18. The van der Waals surface area contributed by atoms with Gasteiger partial charge in [0.05, 0.1) is 12.1 Å². The SMILES string of the molecule is Cc1sc(CC(N)=O)nc1-c1cc(C)n(-c2ccc(OC(F)F)cc2)c1C. The van der Waals surface area contributed by atoms with Crippen molar-refractivity contribution in [2.75, 3.05) is 0 Å². The summed E-state index contributed by atoms with van der Waals surface area (Å²) in [7, 11) is 0. The van der Waals surface area contributed by atoms with Gasteiger partial charge in [-0.05, 0) is 51.1 Å². The summed E-state index contributed by atoms with van der Waals surface area (Å²) in [6.45, 7) is 3.05. The Kier molecular flexibility index (Phi) is 5.27. The van der Waals surface area contributed by atoms with E-state index in [0.717, 1.165) is 33.2 Å². The predicted octanol–water partition coefficient (Wildman–Crippen LogP) is 4.16. The molecule has 0 radical (unpaired) electrons. The number of nitrogens with two attached hydrogens (primary N) is 1. The van der Waals surface area contributed by atoms with Gasteiger partial charge < -0.3 is 15.0 Å². The normalized spacial score (nSPS) is 11.2. The summed E-state index contributed by atoms with van der Waals surface area (Å²) < 4.78 is 31.1. The molecule has 1 aromatic carbocycles. The first-order chi connectivity index (χ1) is 12.8. The van der Waals surface area contributed by atoms with E-state index in [9.17, 15) is 13.6 Å². The molecule has 2 aromatic heterocycles. The first-order valence-electron chi connectivity index (χ1n) is 8.25. The number of amides is 1. The molecule has 5 nitrogen and oxygen atoms in total. The first-order valence-corrected chi connectivity index (χ1v) is 9.07. The summed E-state index contributed by atoms with van der Waals surface area (Å²) in [4.78, 5) is 16.7. The number of aryl methyl sites for hydroxylation is 2. The Balaban J connectivity index is 1.98. The van der Waals surface area contributed by atoms with Crippen LogP contribution in [0.25, 0.3) is 16.9 Å². The third-order valence-electron chi connectivity index (χ3n) is 4.17. The van der Waals surface area contributed by atoms with Crippen LogP contribution in [0.1, 0.15) is 21.3 Å². The van der Waals surface area contributed by atoms with Gasteiger partial charge in [-0.2, -0.15) is 8.78 Å². The van der Waals surface area contributed by atoms with Gasteiger partial charge in [-0.3, -0.25) is 4.79 Å². The average molecular weight is 391 g/mol. The third kappa shape index (κ3) is 4.00. The number of primary amides is 1. The Hall–Kier alpha value is -2.74.